The van der Waals surface area contributed by atoms with E-state index in [4.69, 9.17) is 0 Å². The third-order valence-electron chi connectivity index (χ3n) is 3.63. The molecule has 0 amide bonds. The summed E-state index contributed by atoms with van der Waals surface area (Å²) in [5.74, 6) is -3.09. The van der Waals surface area contributed by atoms with E-state index in [0.717, 1.165) is 10.8 Å². The van der Waals surface area contributed by atoms with E-state index in [-0.39, 0.29) is 11.1 Å². The molecule has 0 radical (unpaired) electrons. The normalized spacial score (nSPS) is 11.5. The van der Waals surface area contributed by atoms with Crippen molar-refractivity contribution in [2.75, 3.05) is 0 Å². The van der Waals surface area contributed by atoms with Gasteiger partial charge in [0.05, 0.1) is 0 Å². The molecule has 0 bridgehead atoms. The molecule has 0 saturated heterocycles. The Morgan fingerprint density at radius 3 is 2.14 bits per heavy atom. The third kappa shape index (κ3) is 2.33. The van der Waals surface area contributed by atoms with Crippen molar-refractivity contribution in [2.24, 2.45) is 0 Å². The predicted octanol–water partition coefficient (Wildman–Crippen LogP) is 5.65. The molecule has 0 unspecified atom stereocenters. The summed E-state index contributed by atoms with van der Waals surface area (Å²) >= 11 is 0. The van der Waals surface area contributed by atoms with E-state index < -0.39 is 5.92 Å². The lowest BCUT2D eigenvalue weighted by atomic mass is 9.92. The number of alkyl halides is 2. The molecule has 3 rings (SSSR count). The molecule has 0 aromatic heterocycles. The molecule has 0 heterocycles. The maximum absolute atomic E-state index is 14.7. The monoisotopic (exact) mass is 280 g/mol. The van der Waals surface area contributed by atoms with Crippen molar-refractivity contribution >= 4 is 16.3 Å². The fourth-order valence-electron chi connectivity index (χ4n) is 2.48. The highest BCUT2D eigenvalue weighted by molar-refractivity contribution is 5.94. The highest BCUT2D eigenvalue weighted by Crippen LogP contribution is 2.42. The summed E-state index contributed by atoms with van der Waals surface area (Å²) in [6.45, 7) is 3.67. The van der Waals surface area contributed by atoms with Crippen LogP contribution in [0.25, 0.3) is 16.3 Å². The van der Waals surface area contributed by atoms with E-state index in [1.165, 1.54) is 12.1 Å². The molecule has 0 nitrogen and oxygen atoms in total. The third-order valence-corrected chi connectivity index (χ3v) is 3.63. The summed E-state index contributed by atoms with van der Waals surface area (Å²) in [4.78, 5) is 0. The molecule has 3 aromatic carbocycles. The zero-order chi connectivity index (χ0) is 14.9. The number of allylic oxidation sites excluding steroid dienone is 1. The van der Waals surface area contributed by atoms with Crippen LogP contribution in [0.3, 0.4) is 0 Å². The number of hydrogen-bond donors (Lipinski definition) is 0. The second kappa shape index (κ2) is 5.13. The second-order valence-electron chi connectivity index (χ2n) is 4.95. The van der Waals surface area contributed by atoms with Gasteiger partial charge in [0.25, 0.3) is 5.92 Å². The van der Waals surface area contributed by atoms with Crippen LogP contribution in [-0.4, -0.2) is 0 Å². The Bertz CT molecular complexity index is 784. The highest BCUT2D eigenvalue weighted by Gasteiger charge is 2.36. The number of rotatable bonds is 3. The Balaban J connectivity index is 2.13. The largest absolute Gasteiger partial charge is 0.298 e. The zero-order valence-corrected chi connectivity index (χ0v) is 11.4. The second-order valence-corrected chi connectivity index (χ2v) is 4.95. The topological polar surface area (TPSA) is 0 Å². The molecule has 0 fully saturated rings. The Hall–Kier alpha value is -2.48. The first-order valence-electron chi connectivity index (χ1n) is 6.71. The van der Waals surface area contributed by atoms with Crippen molar-refractivity contribution in [1.29, 1.82) is 0 Å². The molecule has 0 aliphatic heterocycles. The zero-order valence-electron chi connectivity index (χ0n) is 11.4. The summed E-state index contributed by atoms with van der Waals surface area (Å²) in [6, 6.07) is 20.7. The minimum absolute atomic E-state index is 0.0389. The van der Waals surface area contributed by atoms with E-state index >= 15 is 0 Å². The van der Waals surface area contributed by atoms with Gasteiger partial charge in [0.15, 0.2) is 0 Å². The predicted molar refractivity (Wildman–Crippen MR) is 83.3 cm³/mol. The van der Waals surface area contributed by atoms with Gasteiger partial charge >= 0.3 is 0 Å². The lowest BCUT2D eigenvalue weighted by molar-refractivity contribution is 0.0648. The smallest absolute Gasteiger partial charge is 0.196 e. The van der Waals surface area contributed by atoms with E-state index in [2.05, 4.69) is 6.58 Å². The molecule has 0 spiro atoms. The Kier molecular flexibility index (Phi) is 3.30. The fourth-order valence-corrected chi connectivity index (χ4v) is 2.48. The van der Waals surface area contributed by atoms with Gasteiger partial charge in [-0.25, -0.2) is 0 Å². The van der Waals surface area contributed by atoms with Gasteiger partial charge in [0, 0.05) is 11.1 Å². The van der Waals surface area contributed by atoms with Crippen LogP contribution in [0, 0.1) is 0 Å². The molecule has 21 heavy (non-hydrogen) atoms. The van der Waals surface area contributed by atoms with Crippen LogP contribution in [0.4, 0.5) is 8.78 Å². The van der Waals surface area contributed by atoms with Crippen LogP contribution >= 0.6 is 0 Å². The molecule has 0 atom stereocenters. The lowest BCUT2D eigenvalue weighted by Crippen LogP contribution is -2.15. The molecule has 2 heteroatoms. The van der Waals surface area contributed by atoms with E-state index in [0.29, 0.717) is 5.56 Å². The van der Waals surface area contributed by atoms with Crippen molar-refractivity contribution in [3.63, 3.8) is 0 Å². The van der Waals surface area contributed by atoms with Crippen LogP contribution < -0.4 is 0 Å². The quantitative estimate of drug-likeness (QED) is 0.582. The van der Waals surface area contributed by atoms with Crippen LogP contribution in [0.15, 0.2) is 79.4 Å². The lowest BCUT2D eigenvalue weighted by Gasteiger charge is -2.21. The van der Waals surface area contributed by atoms with Gasteiger partial charge in [0.1, 0.15) is 0 Å². The van der Waals surface area contributed by atoms with Crippen LogP contribution in [0.5, 0.6) is 0 Å². The SMILES string of the molecule is C=C(c1cccc2ccccc12)C(F)(F)c1ccccc1. The maximum Gasteiger partial charge on any atom is 0.298 e. The molecular weight excluding hydrogens is 266 g/mol. The molecule has 3 aromatic rings. The minimum Gasteiger partial charge on any atom is -0.196 e. The minimum atomic E-state index is -3.09. The van der Waals surface area contributed by atoms with Crippen molar-refractivity contribution in [2.45, 2.75) is 5.92 Å². The number of halogens is 2. The molecule has 104 valence electrons. The van der Waals surface area contributed by atoms with Gasteiger partial charge in [-0.05, 0) is 16.3 Å². The first-order valence-corrected chi connectivity index (χ1v) is 6.71. The van der Waals surface area contributed by atoms with Crippen LogP contribution in [-0.2, 0) is 5.92 Å². The van der Waals surface area contributed by atoms with Crippen molar-refractivity contribution < 1.29 is 8.78 Å². The van der Waals surface area contributed by atoms with Crippen molar-refractivity contribution in [3.8, 4) is 0 Å². The van der Waals surface area contributed by atoms with Gasteiger partial charge in [-0.1, -0.05) is 79.4 Å². The maximum atomic E-state index is 14.7. The Labute approximate surface area is 122 Å². The highest BCUT2D eigenvalue weighted by atomic mass is 19.3. The summed E-state index contributed by atoms with van der Waals surface area (Å²) in [5.41, 5.74) is 0.274. The fraction of sp³-hybridized carbons (Fsp3) is 0.0526. The van der Waals surface area contributed by atoms with Gasteiger partial charge < -0.3 is 0 Å². The summed E-state index contributed by atoms with van der Waals surface area (Å²) < 4.78 is 29.3. The number of benzene rings is 3. The summed E-state index contributed by atoms with van der Waals surface area (Å²) in [5, 5.41) is 1.72. The standard InChI is InChI=1S/C19H14F2/c1-14(19(20,21)16-10-3-2-4-11-16)17-13-7-9-15-8-5-6-12-18(15)17/h2-13H,1H2. The van der Waals surface area contributed by atoms with Crippen molar-refractivity contribution in [1.82, 2.24) is 0 Å². The molecule has 0 N–H and O–H groups in total. The summed E-state index contributed by atoms with van der Waals surface area (Å²) in [6.07, 6.45) is 0. The van der Waals surface area contributed by atoms with Gasteiger partial charge in [-0.2, -0.15) is 8.78 Å². The first-order chi connectivity index (χ1) is 10.1. The van der Waals surface area contributed by atoms with Gasteiger partial charge in [-0.3, -0.25) is 0 Å². The average Bonchev–Trinajstić information content (AvgIpc) is 2.54. The molecule has 0 aliphatic rings. The summed E-state index contributed by atoms with van der Waals surface area (Å²) in [7, 11) is 0. The van der Waals surface area contributed by atoms with E-state index in [9.17, 15) is 8.78 Å². The molecular formula is C19H14F2. The molecule has 0 saturated carbocycles. The van der Waals surface area contributed by atoms with Crippen molar-refractivity contribution in [3.05, 3.63) is 90.5 Å². The molecule has 0 aliphatic carbocycles. The van der Waals surface area contributed by atoms with Crippen LogP contribution in [0.2, 0.25) is 0 Å². The van der Waals surface area contributed by atoms with Gasteiger partial charge in [0.2, 0.25) is 0 Å². The Morgan fingerprint density at radius 2 is 1.38 bits per heavy atom. The number of fused-ring (bicyclic) bond motifs is 1. The first kappa shape index (κ1) is 13.5. The van der Waals surface area contributed by atoms with Gasteiger partial charge in [-0.15, -0.1) is 0 Å². The van der Waals surface area contributed by atoms with E-state index in [1.807, 2.05) is 30.3 Å². The number of hydrogen-bond acceptors (Lipinski definition) is 0. The Morgan fingerprint density at radius 1 is 0.762 bits per heavy atom. The van der Waals surface area contributed by atoms with Crippen LogP contribution in [0.1, 0.15) is 11.1 Å². The van der Waals surface area contributed by atoms with E-state index in [1.54, 1.807) is 30.3 Å². The average molecular weight is 280 g/mol.